The summed E-state index contributed by atoms with van der Waals surface area (Å²) in [4.78, 5) is 4.46. The van der Waals surface area contributed by atoms with Crippen LogP contribution in [0.1, 0.15) is 24.6 Å². The van der Waals surface area contributed by atoms with Crippen LogP contribution in [-0.4, -0.2) is 29.3 Å². The van der Waals surface area contributed by atoms with Gasteiger partial charge in [-0.05, 0) is 38.0 Å². The van der Waals surface area contributed by atoms with Gasteiger partial charge in [-0.25, -0.2) is 9.37 Å². The highest BCUT2D eigenvalue weighted by atomic mass is 19.1. The van der Waals surface area contributed by atoms with Gasteiger partial charge in [-0.2, -0.15) is 0 Å². The van der Waals surface area contributed by atoms with E-state index in [0.717, 1.165) is 43.4 Å². The minimum atomic E-state index is -0.212. The molecule has 114 valence electrons. The first-order valence-electron chi connectivity index (χ1n) is 7.29. The second kappa shape index (κ2) is 7.78. The van der Waals surface area contributed by atoms with Crippen LogP contribution < -0.4 is 5.32 Å². The van der Waals surface area contributed by atoms with Gasteiger partial charge in [0.2, 0.25) is 5.95 Å². The van der Waals surface area contributed by atoms with E-state index in [-0.39, 0.29) is 5.82 Å². The molecule has 2 aromatic rings. The summed E-state index contributed by atoms with van der Waals surface area (Å²) in [6.07, 6.45) is 2.90. The predicted molar refractivity (Wildman–Crippen MR) is 82.1 cm³/mol. The molecule has 0 unspecified atom stereocenters. The van der Waals surface area contributed by atoms with Gasteiger partial charge in [0.25, 0.3) is 0 Å². The Morgan fingerprint density at radius 3 is 3.00 bits per heavy atom. The average Bonchev–Trinajstić information content (AvgIpc) is 2.78. The SMILES string of the molecule is CCOCCCNc1nc(C)cn1Cc1cccc(F)c1. The maximum atomic E-state index is 13.2. The smallest absolute Gasteiger partial charge is 0.203 e. The molecule has 4 nitrogen and oxygen atoms in total. The summed E-state index contributed by atoms with van der Waals surface area (Å²) >= 11 is 0. The van der Waals surface area contributed by atoms with Crippen molar-refractivity contribution in [2.24, 2.45) is 0 Å². The van der Waals surface area contributed by atoms with Crippen molar-refractivity contribution in [1.29, 1.82) is 0 Å². The Balaban J connectivity index is 1.96. The van der Waals surface area contributed by atoms with E-state index in [1.54, 1.807) is 12.1 Å². The molecular formula is C16H22FN3O. The first-order chi connectivity index (χ1) is 10.2. The predicted octanol–water partition coefficient (Wildman–Crippen LogP) is 3.22. The number of imidazole rings is 1. The van der Waals surface area contributed by atoms with E-state index >= 15 is 0 Å². The summed E-state index contributed by atoms with van der Waals surface area (Å²) < 4.78 is 20.6. The second-order valence-electron chi connectivity index (χ2n) is 4.94. The summed E-state index contributed by atoms with van der Waals surface area (Å²) in [5.41, 5.74) is 1.86. The normalized spacial score (nSPS) is 10.8. The number of ether oxygens (including phenoxy) is 1. The third-order valence-electron chi connectivity index (χ3n) is 3.09. The highest BCUT2D eigenvalue weighted by Crippen LogP contribution is 2.13. The molecule has 0 aliphatic rings. The number of nitrogens with zero attached hydrogens (tertiary/aromatic N) is 2. The first-order valence-corrected chi connectivity index (χ1v) is 7.29. The van der Waals surface area contributed by atoms with Gasteiger partial charge in [-0.3, -0.25) is 0 Å². The quantitative estimate of drug-likeness (QED) is 0.759. The van der Waals surface area contributed by atoms with E-state index in [1.165, 1.54) is 6.07 Å². The summed E-state index contributed by atoms with van der Waals surface area (Å²) in [7, 11) is 0. The largest absolute Gasteiger partial charge is 0.382 e. The van der Waals surface area contributed by atoms with Crippen molar-refractivity contribution in [2.75, 3.05) is 25.1 Å². The number of nitrogens with one attached hydrogen (secondary N) is 1. The van der Waals surface area contributed by atoms with E-state index in [9.17, 15) is 4.39 Å². The van der Waals surface area contributed by atoms with Crippen molar-refractivity contribution >= 4 is 5.95 Å². The summed E-state index contributed by atoms with van der Waals surface area (Å²) in [6, 6.07) is 6.64. The van der Waals surface area contributed by atoms with E-state index < -0.39 is 0 Å². The van der Waals surface area contributed by atoms with Gasteiger partial charge in [0.05, 0.1) is 12.2 Å². The van der Waals surface area contributed by atoms with Crippen LogP contribution in [0.5, 0.6) is 0 Å². The lowest BCUT2D eigenvalue weighted by molar-refractivity contribution is 0.147. The van der Waals surface area contributed by atoms with Crippen molar-refractivity contribution in [3.8, 4) is 0 Å². The lowest BCUT2D eigenvalue weighted by atomic mass is 10.2. The summed E-state index contributed by atoms with van der Waals surface area (Å²) in [5, 5.41) is 3.31. The average molecular weight is 291 g/mol. The monoisotopic (exact) mass is 291 g/mol. The third kappa shape index (κ3) is 4.86. The molecule has 1 N–H and O–H groups in total. The van der Waals surface area contributed by atoms with Crippen molar-refractivity contribution in [1.82, 2.24) is 9.55 Å². The van der Waals surface area contributed by atoms with Gasteiger partial charge in [-0.15, -0.1) is 0 Å². The van der Waals surface area contributed by atoms with Crippen LogP contribution in [0.2, 0.25) is 0 Å². The third-order valence-corrected chi connectivity index (χ3v) is 3.09. The van der Waals surface area contributed by atoms with Crippen LogP contribution in [0.3, 0.4) is 0 Å². The Hall–Kier alpha value is -1.88. The molecule has 0 aliphatic heterocycles. The number of anilines is 1. The zero-order chi connectivity index (χ0) is 15.1. The van der Waals surface area contributed by atoms with Crippen LogP contribution in [0.4, 0.5) is 10.3 Å². The lowest BCUT2D eigenvalue weighted by Gasteiger charge is -2.10. The fourth-order valence-electron chi connectivity index (χ4n) is 2.16. The molecule has 1 aromatic heterocycles. The molecular weight excluding hydrogens is 269 g/mol. The second-order valence-corrected chi connectivity index (χ2v) is 4.94. The van der Waals surface area contributed by atoms with E-state index in [0.29, 0.717) is 6.54 Å². The first kappa shape index (κ1) is 15.5. The van der Waals surface area contributed by atoms with Crippen molar-refractivity contribution in [2.45, 2.75) is 26.8 Å². The molecule has 0 spiro atoms. The summed E-state index contributed by atoms with van der Waals surface area (Å²) in [6.45, 7) is 6.84. The standard InChI is InChI=1S/C16H22FN3O/c1-3-21-9-5-8-18-16-19-13(2)11-20(16)12-14-6-4-7-15(17)10-14/h4,6-7,10-11H,3,5,8-9,12H2,1-2H3,(H,18,19). The van der Waals surface area contributed by atoms with Gasteiger partial charge in [0, 0.05) is 26.0 Å². The Bertz CT molecular complexity index is 568. The molecule has 0 saturated carbocycles. The molecule has 0 amide bonds. The fourth-order valence-corrected chi connectivity index (χ4v) is 2.16. The van der Waals surface area contributed by atoms with Crippen molar-refractivity contribution in [3.05, 3.63) is 47.5 Å². The zero-order valence-electron chi connectivity index (χ0n) is 12.6. The Morgan fingerprint density at radius 2 is 2.24 bits per heavy atom. The molecule has 0 bridgehead atoms. The number of benzene rings is 1. The molecule has 5 heteroatoms. The molecule has 0 atom stereocenters. The van der Waals surface area contributed by atoms with Gasteiger partial charge in [0.15, 0.2) is 0 Å². The van der Waals surface area contributed by atoms with Crippen LogP contribution >= 0.6 is 0 Å². The van der Waals surface area contributed by atoms with Gasteiger partial charge in [0.1, 0.15) is 5.82 Å². The Labute approximate surface area is 125 Å². The van der Waals surface area contributed by atoms with Crippen LogP contribution in [0.25, 0.3) is 0 Å². The lowest BCUT2D eigenvalue weighted by Crippen LogP contribution is -2.11. The van der Waals surface area contributed by atoms with E-state index in [2.05, 4.69) is 10.3 Å². The van der Waals surface area contributed by atoms with Crippen LogP contribution in [0.15, 0.2) is 30.5 Å². The highest BCUT2D eigenvalue weighted by molar-refractivity contribution is 5.30. The number of aromatic nitrogens is 2. The summed E-state index contributed by atoms with van der Waals surface area (Å²) in [5.74, 6) is 0.601. The van der Waals surface area contributed by atoms with Crippen molar-refractivity contribution < 1.29 is 9.13 Å². The zero-order valence-corrected chi connectivity index (χ0v) is 12.6. The maximum absolute atomic E-state index is 13.2. The van der Waals surface area contributed by atoms with Gasteiger partial charge >= 0.3 is 0 Å². The molecule has 1 aromatic carbocycles. The molecule has 0 aliphatic carbocycles. The number of hydrogen-bond acceptors (Lipinski definition) is 3. The number of rotatable bonds is 8. The Morgan fingerprint density at radius 1 is 1.38 bits per heavy atom. The van der Waals surface area contributed by atoms with Crippen molar-refractivity contribution in [3.63, 3.8) is 0 Å². The Kier molecular flexibility index (Phi) is 5.75. The van der Waals surface area contributed by atoms with Gasteiger partial charge < -0.3 is 14.6 Å². The highest BCUT2D eigenvalue weighted by Gasteiger charge is 2.06. The molecule has 0 radical (unpaired) electrons. The molecule has 1 heterocycles. The molecule has 2 rings (SSSR count). The molecule has 0 saturated heterocycles. The minimum absolute atomic E-state index is 0.212. The molecule has 0 fully saturated rings. The minimum Gasteiger partial charge on any atom is -0.382 e. The number of aryl methyl sites for hydroxylation is 1. The number of halogens is 1. The molecule has 21 heavy (non-hydrogen) atoms. The van der Waals surface area contributed by atoms with Crippen LogP contribution in [-0.2, 0) is 11.3 Å². The van der Waals surface area contributed by atoms with E-state index in [4.69, 9.17) is 4.74 Å². The fraction of sp³-hybridized carbons (Fsp3) is 0.438. The van der Waals surface area contributed by atoms with Gasteiger partial charge in [-0.1, -0.05) is 12.1 Å². The van der Waals surface area contributed by atoms with E-state index in [1.807, 2.05) is 30.7 Å². The number of hydrogen-bond donors (Lipinski definition) is 1. The maximum Gasteiger partial charge on any atom is 0.203 e. The topological polar surface area (TPSA) is 39.1 Å². The van der Waals surface area contributed by atoms with Crippen LogP contribution in [0, 0.1) is 12.7 Å².